The molecule has 3 aromatic rings. The van der Waals surface area contributed by atoms with Crippen LogP contribution in [0.5, 0.6) is 5.75 Å². The molecule has 9 nitrogen and oxygen atoms in total. The molecule has 1 amide bonds. The van der Waals surface area contributed by atoms with Gasteiger partial charge in [0.1, 0.15) is 5.75 Å². The van der Waals surface area contributed by atoms with Crippen LogP contribution in [0.3, 0.4) is 0 Å². The zero-order chi connectivity index (χ0) is 25.3. The largest absolute Gasteiger partial charge is 0.495 e. The number of rotatable bonds is 7. The Balaban J connectivity index is 1.22. The van der Waals surface area contributed by atoms with Crippen molar-refractivity contribution in [3.63, 3.8) is 0 Å². The van der Waals surface area contributed by atoms with Crippen LogP contribution in [-0.2, 0) is 14.8 Å². The summed E-state index contributed by atoms with van der Waals surface area (Å²) < 4.78 is 33.1. The van der Waals surface area contributed by atoms with E-state index in [1.807, 2.05) is 18.2 Å². The van der Waals surface area contributed by atoms with Crippen molar-refractivity contribution in [2.45, 2.75) is 17.4 Å². The van der Waals surface area contributed by atoms with Crippen molar-refractivity contribution in [2.24, 2.45) is 0 Å². The number of aromatic nitrogens is 1. The lowest BCUT2D eigenvalue weighted by atomic mass is 10.1. The van der Waals surface area contributed by atoms with E-state index in [1.165, 1.54) is 29.7 Å². The Labute approximate surface area is 219 Å². The number of nitrogens with one attached hydrogen (secondary N) is 1. The number of hydrogen-bond donors (Lipinski definition) is 1. The van der Waals surface area contributed by atoms with Gasteiger partial charge >= 0.3 is 0 Å². The highest BCUT2D eigenvalue weighted by Gasteiger charge is 2.38. The number of amides is 1. The summed E-state index contributed by atoms with van der Waals surface area (Å²) in [6.45, 7) is 3.62. The van der Waals surface area contributed by atoms with Crippen molar-refractivity contribution >= 4 is 55.4 Å². The molecule has 5 rings (SSSR count). The molecule has 1 atom stereocenters. The molecule has 0 unspecified atom stereocenters. The zero-order valence-electron chi connectivity index (χ0n) is 19.6. The molecule has 2 aliphatic rings. The third-order valence-corrected chi connectivity index (χ3v) is 8.93. The summed E-state index contributed by atoms with van der Waals surface area (Å²) in [6.07, 6.45) is 2.26. The molecule has 0 spiro atoms. The molecule has 12 heteroatoms. The van der Waals surface area contributed by atoms with Crippen molar-refractivity contribution in [2.75, 3.05) is 54.4 Å². The minimum Gasteiger partial charge on any atom is -0.495 e. The van der Waals surface area contributed by atoms with E-state index in [-0.39, 0.29) is 16.8 Å². The lowest BCUT2D eigenvalue weighted by Crippen LogP contribution is -2.52. The highest BCUT2D eigenvalue weighted by molar-refractivity contribution is 7.93. The SMILES string of the molecule is COc1ccc(Cl)cc1N1CCN([C@H]2CCN(c3ccc(S(=O)(=O)Nc4nccs4)cc3)C2=O)CC1. The second-order valence-electron chi connectivity index (χ2n) is 8.57. The summed E-state index contributed by atoms with van der Waals surface area (Å²) in [7, 11) is -2.09. The fourth-order valence-corrected chi connectivity index (χ4v) is 6.65. The lowest BCUT2D eigenvalue weighted by Gasteiger charge is -2.38. The van der Waals surface area contributed by atoms with Gasteiger partial charge in [-0.05, 0) is 48.9 Å². The summed E-state index contributed by atoms with van der Waals surface area (Å²) in [5, 5.41) is 2.67. The summed E-state index contributed by atoms with van der Waals surface area (Å²) in [6, 6.07) is 11.8. The van der Waals surface area contributed by atoms with E-state index >= 15 is 0 Å². The third-order valence-electron chi connectivity index (χ3n) is 6.53. The second-order valence-corrected chi connectivity index (χ2v) is 11.6. The Hall–Kier alpha value is -2.86. The van der Waals surface area contributed by atoms with Gasteiger partial charge in [-0.1, -0.05) is 11.6 Å². The van der Waals surface area contributed by atoms with Crippen LogP contribution in [0.4, 0.5) is 16.5 Å². The number of carbonyl (C=O) groups is 1. The molecule has 0 radical (unpaired) electrons. The van der Waals surface area contributed by atoms with E-state index in [0.717, 1.165) is 44.0 Å². The summed E-state index contributed by atoms with van der Waals surface area (Å²) in [5.41, 5.74) is 1.65. The minimum atomic E-state index is -3.74. The van der Waals surface area contributed by atoms with E-state index in [9.17, 15) is 13.2 Å². The number of sulfonamides is 1. The first kappa shape index (κ1) is 24.8. The van der Waals surface area contributed by atoms with Gasteiger partial charge in [0.05, 0.1) is 23.7 Å². The van der Waals surface area contributed by atoms with Gasteiger partial charge in [-0.15, -0.1) is 11.3 Å². The summed E-state index contributed by atoms with van der Waals surface area (Å²) >= 11 is 7.41. The van der Waals surface area contributed by atoms with Crippen LogP contribution in [0.2, 0.25) is 5.02 Å². The van der Waals surface area contributed by atoms with Gasteiger partial charge in [-0.3, -0.25) is 14.4 Å². The molecular formula is C24H26ClN5O4S2. The quantitative estimate of drug-likeness (QED) is 0.483. The number of nitrogens with zero attached hydrogens (tertiary/aromatic N) is 4. The fraction of sp³-hybridized carbons (Fsp3) is 0.333. The second kappa shape index (κ2) is 10.3. The molecule has 2 aliphatic heterocycles. The maximum Gasteiger partial charge on any atom is 0.263 e. The Morgan fingerprint density at radius 1 is 1.08 bits per heavy atom. The van der Waals surface area contributed by atoms with Gasteiger partial charge in [0.25, 0.3) is 10.0 Å². The number of benzene rings is 2. The van der Waals surface area contributed by atoms with Crippen LogP contribution in [0.25, 0.3) is 0 Å². The van der Waals surface area contributed by atoms with Crippen LogP contribution in [0.15, 0.2) is 58.9 Å². The highest BCUT2D eigenvalue weighted by Crippen LogP contribution is 2.33. The molecule has 1 N–H and O–H groups in total. The first-order valence-electron chi connectivity index (χ1n) is 11.5. The van der Waals surface area contributed by atoms with Crippen LogP contribution >= 0.6 is 22.9 Å². The zero-order valence-corrected chi connectivity index (χ0v) is 22.0. The van der Waals surface area contributed by atoms with E-state index < -0.39 is 10.0 Å². The van der Waals surface area contributed by atoms with Gasteiger partial charge in [0, 0.05) is 55.0 Å². The molecule has 3 heterocycles. The number of hydrogen-bond acceptors (Lipinski definition) is 8. The fourth-order valence-electron chi connectivity index (χ4n) is 4.70. The van der Waals surface area contributed by atoms with Gasteiger partial charge in [-0.2, -0.15) is 0 Å². The standard InChI is InChI=1S/C24H26ClN5O4S2/c1-34-22-7-2-17(25)16-21(22)29-13-11-28(12-14-29)20-8-10-30(23(20)31)18-3-5-19(6-4-18)36(32,33)27-24-26-9-15-35-24/h2-7,9,15-16,20H,8,10-14H2,1H3,(H,26,27)/t20-/m0/s1. The van der Waals surface area contributed by atoms with Crippen molar-refractivity contribution in [3.8, 4) is 5.75 Å². The smallest absolute Gasteiger partial charge is 0.263 e. The minimum absolute atomic E-state index is 0.0419. The van der Waals surface area contributed by atoms with E-state index in [0.29, 0.717) is 22.4 Å². The normalized spacial score (nSPS) is 19.1. The Morgan fingerprint density at radius 3 is 2.50 bits per heavy atom. The van der Waals surface area contributed by atoms with Crippen LogP contribution < -0.4 is 19.3 Å². The molecule has 2 saturated heterocycles. The predicted molar refractivity (Wildman–Crippen MR) is 142 cm³/mol. The topological polar surface area (TPSA) is 95.1 Å². The first-order valence-corrected chi connectivity index (χ1v) is 14.3. The molecule has 2 fully saturated rings. The van der Waals surface area contributed by atoms with Gasteiger partial charge in [0.15, 0.2) is 5.13 Å². The van der Waals surface area contributed by atoms with Crippen molar-refractivity contribution in [3.05, 3.63) is 59.1 Å². The van der Waals surface area contributed by atoms with E-state index in [4.69, 9.17) is 16.3 Å². The monoisotopic (exact) mass is 547 g/mol. The number of thiazole rings is 1. The summed E-state index contributed by atoms with van der Waals surface area (Å²) in [5.74, 6) is 0.823. The van der Waals surface area contributed by atoms with E-state index in [2.05, 4.69) is 19.5 Å². The van der Waals surface area contributed by atoms with Crippen LogP contribution in [-0.4, -0.2) is 70.1 Å². The maximum atomic E-state index is 13.3. The molecule has 190 valence electrons. The van der Waals surface area contributed by atoms with Crippen LogP contribution in [0, 0.1) is 0 Å². The van der Waals surface area contributed by atoms with Gasteiger partial charge in [0.2, 0.25) is 5.91 Å². The Kier molecular flexibility index (Phi) is 7.07. The maximum absolute atomic E-state index is 13.3. The number of carbonyl (C=O) groups excluding carboxylic acids is 1. The number of piperazine rings is 1. The number of anilines is 3. The molecule has 0 bridgehead atoms. The third kappa shape index (κ3) is 5.01. The summed E-state index contributed by atoms with van der Waals surface area (Å²) in [4.78, 5) is 23.6. The molecule has 36 heavy (non-hydrogen) atoms. The van der Waals surface area contributed by atoms with Gasteiger partial charge in [-0.25, -0.2) is 13.4 Å². The van der Waals surface area contributed by atoms with Crippen molar-refractivity contribution in [1.29, 1.82) is 0 Å². The Bertz CT molecular complexity index is 1330. The van der Waals surface area contributed by atoms with Crippen molar-refractivity contribution in [1.82, 2.24) is 9.88 Å². The van der Waals surface area contributed by atoms with Gasteiger partial charge < -0.3 is 14.5 Å². The molecule has 2 aromatic carbocycles. The average Bonchev–Trinajstić information content (AvgIpc) is 3.53. The number of methoxy groups -OCH3 is 1. The lowest BCUT2D eigenvalue weighted by molar-refractivity contribution is -0.121. The van der Waals surface area contributed by atoms with Crippen LogP contribution in [0.1, 0.15) is 6.42 Å². The van der Waals surface area contributed by atoms with E-state index in [1.54, 1.807) is 29.5 Å². The Morgan fingerprint density at radius 2 is 1.83 bits per heavy atom. The highest BCUT2D eigenvalue weighted by atomic mass is 35.5. The molecular weight excluding hydrogens is 522 g/mol. The molecule has 0 saturated carbocycles. The number of halogens is 1. The van der Waals surface area contributed by atoms with Crippen molar-refractivity contribution < 1.29 is 17.9 Å². The molecule has 0 aliphatic carbocycles. The number of ether oxygens (including phenoxy) is 1. The predicted octanol–water partition coefficient (Wildman–Crippen LogP) is 3.53. The molecule has 1 aromatic heterocycles. The average molecular weight is 548 g/mol. The first-order chi connectivity index (χ1) is 17.4.